The number of hydrogen-bond donors (Lipinski definition) is 1. The summed E-state index contributed by atoms with van der Waals surface area (Å²) >= 11 is 0. The Morgan fingerprint density at radius 2 is 1.03 bits per heavy atom. The van der Waals surface area contributed by atoms with Crippen molar-refractivity contribution >= 4 is 6.29 Å². The molecule has 0 aliphatic carbocycles. The summed E-state index contributed by atoms with van der Waals surface area (Å²) in [6.45, 7) is 2.29. The maximum Gasteiger partial charge on any atom is 0.166 e. The first-order valence-electron chi connectivity index (χ1n) is 14.1. The van der Waals surface area contributed by atoms with Crippen molar-refractivity contribution in [2.75, 3.05) is 0 Å². The third-order valence-corrected chi connectivity index (χ3v) is 6.60. The summed E-state index contributed by atoms with van der Waals surface area (Å²) in [6.07, 6.45) is 35.9. The van der Waals surface area contributed by atoms with Crippen molar-refractivity contribution < 1.29 is 4.79 Å². The van der Waals surface area contributed by atoms with Gasteiger partial charge in [-0.3, -0.25) is 4.79 Å². The number of unbranched alkanes of at least 4 members (excludes halogenated alkanes) is 19. The van der Waals surface area contributed by atoms with E-state index in [4.69, 9.17) is 0 Å². The Morgan fingerprint density at radius 3 is 1.47 bits per heavy atom. The molecule has 0 fully saturated rings. The van der Waals surface area contributed by atoms with E-state index < -0.39 is 0 Å². The van der Waals surface area contributed by atoms with Gasteiger partial charge in [-0.25, -0.2) is 0 Å². The first kappa shape index (κ1) is 28.7. The molecule has 0 spiro atoms. The zero-order chi connectivity index (χ0) is 23.0. The molecule has 0 saturated carbocycles. The van der Waals surface area contributed by atoms with Crippen LogP contribution in [0.5, 0.6) is 0 Å². The molecule has 0 aromatic carbocycles. The smallest absolute Gasteiger partial charge is 0.166 e. The predicted octanol–water partition coefficient (Wildman–Crippen LogP) is 10.1. The van der Waals surface area contributed by atoms with Gasteiger partial charge in [0, 0.05) is 5.69 Å². The second-order valence-corrected chi connectivity index (χ2v) is 9.72. The molecule has 0 saturated heterocycles. The van der Waals surface area contributed by atoms with Gasteiger partial charge in [0.2, 0.25) is 0 Å². The maximum atomic E-state index is 10.7. The van der Waals surface area contributed by atoms with Crippen molar-refractivity contribution in [2.45, 2.75) is 148 Å². The number of nitrogens with one attached hydrogen (secondary N) is 1. The molecule has 2 nitrogen and oxygen atoms in total. The van der Waals surface area contributed by atoms with Crippen LogP contribution in [0.3, 0.4) is 0 Å². The Hall–Kier alpha value is -1.31. The Bertz CT molecular complexity index is 545. The highest BCUT2D eigenvalue weighted by Crippen LogP contribution is 2.14. The lowest BCUT2D eigenvalue weighted by Gasteiger charge is -2.02. The summed E-state index contributed by atoms with van der Waals surface area (Å²) in [5.41, 5.74) is 1.90. The number of carbonyl (C=O) groups excluding carboxylic acids is 1. The fraction of sp³-hybridized carbons (Fsp3) is 0.767. The molecule has 0 bridgehead atoms. The number of allylic oxidation sites excluding steroid dienone is 2. The van der Waals surface area contributed by atoms with E-state index in [0.29, 0.717) is 5.69 Å². The zero-order valence-corrected chi connectivity index (χ0v) is 21.4. The summed E-state index contributed by atoms with van der Waals surface area (Å²) in [5.74, 6) is 0. The molecule has 0 aliphatic heterocycles. The molecule has 0 atom stereocenters. The fourth-order valence-corrected chi connectivity index (χ4v) is 4.47. The van der Waals surface area contributed by atoms with E-state index in [2.05, 4.69) is 24.1 Å². The Labute approximate surface area is 200 Å². The third kappa shape index (κ3) is 18.3. The molecular weight excluding hydrogens is 390 g/mol. The summed E-state index contributed by atoms with van der Waals surface area (Å²) in [4.78, 5) is 13.8. The van der Waals surface area contributed by atoms with E-state index in [1.165, 1.54) is 141 Å². The number of rotatable bonds is 24. The quantitative estimate of drug-likeness (QED) is 0.0961. The highest BCUT2D eigenvalue weighted by Gasteiger charge is 1.98. The van der Waals surface area contributed by atoms with Gasteiger partial charge < -0.3 is 4.98 Å². The van der Waals surface area contributed by atoms with Crippen LogP contribution in [0.4, 0.5) is 0 Å². The van der Waals surface area contributed by atoms with Crippen LogP contribution in [-0.4, -0.2) is 11.3 Å². The average molecular weight is 444 g/mol. The molecule has 0 amide bonds. The van der Waals surface area contributed by atoms with Crippen LogP contribution in [0.2, 0.25) is 0 Å². The highest BCUT2D eigenvalue weighted by atomic mass is 16.1. The van der Waals surface area contributed by atoms with E-state index in [1.54, 1.807) is 0 Å². The Kier molecular flexibility index (Phi) is 20.5. The number of aldehydes is 1. The first-order valence-corrected chi connectivity index (χ1v) is 14.1. The number of aromatic amines is 1. The van der Waals surface area contributed by atoms with Crippen LogP contribution in [0.1, 0.15) is 158 Å². The SMILES string of the molecule is CCCCCCCCCCCCC/C=C\CCCCCCCCCCc1ccc(C=O)[nH]1. The van der Waals surface area contributed by atoms with Crippen molar-refractivity contribution in [3.8, 4) is 0 Å². The molecule has 32 heavy (non-hydrogen) atoms. The van der Waals surface area contributed by atoms with Crippen molar-refractivity contribution in [3.05, 3.63) is 35.7 Å². The van der Waals surface area contributed by atoms with Crippen LogP contribution in [-0.2, 0) is 6.42 Å². The molecule has 1 rings (SSSR count). The second kappa shape index (κ2) is 22.9. The lowest BCUT2D eigenvalue weighted by atomic mass is 10.0. The van der Waals surface area contributed by atoms with E-state index in [9.17, 15) is 4.79 Å². The van der Waals surface area contributed by atoms with Gasteiger partial charge in [0.15, 0.2) is 6.29 Å². The van der Waals surface area contributed by atoms with Crippen LogP contribution >= 0.6 is 0 Å². The summed E-state index contributed by atoms with van der Waals surface area (Å²) in [7, 11) is 0. The van der Waals surface area contributed by atoms with Crippen LogP contribution in [0.15, 0.2) is 24.3 Å². The van der Waals surface area contributed by atoms with Crippen molar-refractivity contribution in [1.82, 2.24) is 4.98 Å². The maximum absolute atomic E-state index is 10.7. The second-order valence-electron chi connectivity index (χ2n) is 9.72. The predicted molar refractivity (Wildman–Crippen MR) is 142 cm³/mol. The van der Waals surface area contributed by atoms with Crippen LogP contribution in [0.25, 0.3) is 0 Å². The molecular formula is C30H53NO. The molecule has 0 aliphatic rings. The largest absolute Gasteiger partial charge is 0.356 e. The number of aromatic nitrogens is 1. The summed E-state index contributed by atoms with van der Waals surface area (Å²) in [6, 6.07) is 3.91. The zero-order valence-electron chi connectivity index (χ0n) is 21.4. The summed E-state index contributed by atoms with van der Waals surface area (Å²) in [5, 5.41) is 0. The molecule has 1 aromatic heterocycles. The van der Waals surface area contributed by atoms with Gasteiger partial charge in [-0.15, -0.1) is 0 Å². The number of aryl methyl sites for hydroxylation is 1. The minimum absolute atomic E-state index is 0.698. The van der Waals surface area contributed by atoms with Gasteiger partial charge in [-0.2, -0.15) is 0 Å². The minimum Gasteiger partial charge on any atom is -0.356 e. The minimum atomic E-state index is 0.698. The van der Waals surface area contributed by atoms with Crippen LogP contribution in [0, 0.1) is 0 Å². The number of hydrogen-bond acceptors (Lipinski definition) is 1. The van der Waals surface area contributed by atoms with E-state index in [1.807, 2.05) is 12.1 Å². The fourth-order valence-electron chi connectivity index (χ4n) is 4.47. The molecule has 1 heterocycles. The van der Waals surface area contributed by atoms with Gasteiger partial charge in [-0.1, -0.05) is 122 Å². The monoisotopic (exact) mass is 443 g/mol. The number of H-pyrrole nitrogens is 1. The summed E-state index contributed by atoms with van der Waals surface area (Å²) < 4.78 is 0. The van der Waals surface area contributed by atoms with Gasteiger partial charge in [0.25, 0.3) is 0 Å². The van der Waals surface area contributed by atoms with Gasteiger partial charge in [0.05, 0.1) is 5.69 Å². The van der Waals surface area contributed by atoms with Crippen molar-refractivity contribution in [3.63, 3.8) is 0 Å². The number of carbonyl (C=O) groups is 1. The Balaban J connectivity index is 1.71. The molecule has 1 N–H and O–H groups in total. The van der Waals surface area contributed by atoms with Gasteiger partial charge in [0.1, 0.15) is 0 Å². The molecule has 184 valence electrons. The van der Waals surface area contributed by atoms with E-state index in [-0.39, 0.29) is 0 Å². The first-order chi connectivity index (χ1) is 15.9. The lowest BCUT2D eigenvalue weighted by Crippen LogP contribution is -1.88. The molecule has 0 radical (unpaired) electrons. The Morgan fingerprint density at radius 1 is 0.594 bits per heavy atom. The van der Waals surface area contributed by atoms with Gasteiger partial charge >= 0.3 is 0 Å². The topological polar surface area (TPSA) is 32.9 Å². The van der Waals surface area contributed by atoms with E-state index in [0.717, 1.165) is 12.7 Å². The van der Waals surface area contributed by atoms with Gasteiger partial charge in [-0.05, 0) is 50.7 Å². The average Bonchev–Trinajstić information content (AvgIpc) is 3.27. The van der Waals surface area contributed by atoms with Crippen LogP contribution < -0.4 is 0 Å². The lowest BCUT2D eigenvalue weighted by molar-refractivity contribution is 0.111. The normalized spacial score (nSPS) is 11.5. The third-order valence-electron chi connectivity index (χ3n) is 6.60. The highest BCUT2D eigenvalue weighted by molar-refractivity contribution is 5.71. The molecule has 0 unspecified atom stereocenters. The molecule has 1 aromatic rings. The standard InChI is InChI=1S/C30H53NO/c1-2-3-4-5-6-7-8-9-10-11-12-13-14-15-16-17-18-19-20-21-22-23-24-25-29-26-27-30(28-32)31-29/h14-15,26-28,31H,2-13,16-25H2,1H3/b15-14-. The molecule has 2 heteroatoms. The van der Waals surface area contributed by atoms with E-state index >= 15 is 0 Å². The van der Waals surface area contributed by atoms with Crippen molar-refractivity contribution in [1.29, 1.82) is 0 Å². The van der Waals surface area contributed by atoms with Crippen molar-refractivity contribution in [2.24, 2.45) is 0 Å².